The van der Waals surface area contributed by atoms with Crippen LogP contribution in [-0.4, -0.2) is 10.9 Å². The molecule has 2 aromatic heterocycles. The van der Waals surface area contributed by atoms with Gasteiger partial charge in [0, 0.05) is 17.3 Å². The van der Waals surface area contributed by atoms with Crippen molar-refractivity contribution in [3.05, 3.63) is 57.9 Å². The Morgan fingerprint density at radius 2 is 2.29 bits per heavy atom. The fourth-order valence-corrected chi connectivity index (χ4v) is 1.50. The summed E-state index contributed by atoms with van der Waals surface area (Å²) in [5.74, 6) is 0.371. The smallest absolute Gasteiger partial charge is 0.251 e. The van der Waals surface area contributed by atoms with Gasteiger partial charge in [0.15, 0.2) is 0 Å². The van der Waals surface area contributed by atoms with Gasteiger partial charge >= 0.3 is 0 Å². The van der Waals surface area contributed by atoms with Crippen LogP contribution < -0.4 is 10.9 Å². The van der Waals surface area contributed by atoms with Crippen LogP contribution in [0.1, 0.15) is 21.8 Å². The largest absolute Gasteiger partial charge is 0.467 e. The van der Waals surface area contributed by atoms with Gasteiger partial charge in [-0.15, -0.1) is 0 Å². The van der Waals surface area contributed by atoms with Crippen molar-refractivity contribution in [2.75, 3.05) is 0 Å². The number of rotatable bonds is 3. The lowest BCUT2D eigenvalue weighted by atomic mass is 10.2. The molecule has 2 heterocycles. The predicted octanol–water partition coefficient (Wildman–Crippen LogP) is 1.21. The Labute approximate surface area is 97.5 Å². The Kier molecular flexibility index (Phi) is 3.09. The molecule has 0 spiro atoms. The lowest BCUT2D eigenvalue weighted by Gasteiger charge is -2.03. The summed E-state index contributed by atoms with van der Waals surface area (Å²) in [5.41, 5.74) is 0.714. The minimum Gasteiger partial charge on any atom is -0.467 e. The quantitative estimate of drug-likeness (QED) is 0.835. The summed E-state index contributed by atoms with van der Waals surface area (Å²) in [6.07, 6.45) is 1.54. The average Bonchev–Trinajstić information content (AvgIpc) is 2.77. The van der Waals surface area contributed by atoms with Crippen molar-refractivity contribution in [3.63, 3.8) is 0 Å². The van der Waals surface area contributed by atoms with Gasteiger partial charge in [0.25, 0.3) is 5.91 Å². The zero-order valence-corrected chi connectivity index (χ0v) is 9.32. The second-order valence-electron chi connectivity index (χ2n) is 3.68. The minimum atomic E-state index is -0.296. The summed E-state index contributed by atoms with van der Waals surface area (Å²) in [6, 6.07) is 6.41. The van der Waals surface area contributed by atoms with E-state index in [4.69, 9.17) is 4.42 Å². The van der Waals surface area contributed by atoms with Crippen molar-refractivity contribution in [3.8, 4) is 0 Å². The Balaban J connectivity index is 2.07. The van der Waals surface area contributed by atoms with Crippen LogP contribution in [0.4, 0.5) is 0 Å². The fraction of sp³-hybridized carbons (Fsp3) is 0.167. The van der Waals surface area contributed by atoms with Crippen LogP contribution in [0.15, 0.2) is 39.7 Å². The molecular weight excluding hydrogens is 220 g/mol. The number of carbonyl (C=O) groups excluding carboxylic acids is 1. The number of aryl methyl sites for hydroxylation is 1. The first-order valence-electron chi connectivity index (χ1n) is 5.17. The molecule has 2 rings (SSSR count). The Bertz CT molecular complexity index is 570. The number of H-pyrrole nitrogens is 1. The van der Waals surface area contributed by atoms with E-state index in [-0.39, 0.29) is 11.5 Å². The molecule has 0 saturated carbocycles. The van der Waals surface area contributed by atoms with E-state index in [1.165, 1.54) is 6.07 Å². The number of pyridine rings is 1. The van der Waals surface area contributed by atoms with E-state index in [2.05, 4.69) is 10.3 Å². The molecule has 17 heavy (non-hydrogen) atoms. The van der Waals surface area contributed by atoms with Gasteiger partial charge in [-0.25, -0.2) is 0 Å². The second-order valence-corrected chi connectivity index (χ2v) is 3.68. The van der Waals surface area contributed by atoms with E-state index in [1.54, 1.807) is 31.4 Å². The first-order valence-corrected chi connectivity index (χ1v) is 5.17. The summed E-state index contributed by atoms with van der Waals surface area (Å²) in [7, 11) is 0. The van der Waals surface area contributed by atoms with Gasteiger partial charge in [-0.1, -0.05) is 0 Å². The van der Waals surface area contributed by atoms with Gasteiger partial charge in [-0.2, -0.15) is 0 Å². The van der Waals surface area contributed by atoms with Gasteiger partial charge in [0.1, 0.15) is 5.76 Å². The minimum absolute atomic E-state index is 0.284. The molecule has 0 aliphatic carbocycles. The van der Waals surface area contributed by atoms with Crippen LogP contribution in [0.3, 0.4) is 0 Å². The maximum absolute atomic E-state index is 11.7. The molecule has 0 saturated heterocycles. The molecule has 0 unspecified atom stereocenters. The standard InChI is InChI=1S/C12H12N2O3/c1-8-5-9(6-11(15)14-8)12(16)13-7-10-3-2-4-17-10/h2-6H,7H2,1H3,(H,13,16)(H,14,15). The Hall–Kier alpha value is -2.30. The number of amides is 1. The molecular formula is C12H12N2O3. The van der Waals surface area contributed by atoms with Gasteiger partial charge < -0.3 is 14.7 Å². The third-order valence-corrected chi connectivity index (χ3v) is 2.24. The van der Waals surface area contributed by atoms with Crippen LogP contribution in [0.5, 0.6) is 0 Å². The maximum atomic E-state index is 11.7. The number of furan rings is 1. The SMILES string of the molecule is Cc1cc(C(=O)NCc2ccco2)cc(=O)[nH]1. The average molecular weight is 232 g/mol. The molecule has 5 heteroatoms. The zero-order valence-electron chi connectivity index (χ0n) is 9.32. The molecule has 2 N–H and O–H groups in total. The fourth-order valence-electron chi connectivity index (χ4n) is 1.50. The summed E-state index contributed by atoms with van der Waals surface area (Å²) in [6.45, 7) is 2.03. The van der Waals surface area contributed by atoms with E-state index in [9.17, 15) is 9.59 Å². The molecule has 88 valence electrons. The maximum Gasteiger partial charge on any atom is 0.251 e. The Morgan fingerprint density at radius 3 is 2.94 bits per heavy atom. The summed E-state index contributed by atoms with van der Waals surface area (Å²) < 4.78 is 5.08. The first kappa shape index (κ1) is 11.2. The number of aromatic nitrogens is 1. The van der Waals surface area contributed by atoms with Crippen LogP contribution >= 0.6 is 0 Å². The summed E-state index contributed by atoms with van der Waals surface area (Å²) in [5, 5.41) is 2.67. The number of hydrogen-bond donors (Lipinski definition) is 2. The van der Waals surface area contributed by atoms with Crippen molar-refractivity contribution < 1.29 is 9.21 Å². The topological polar surface area (TPSA) is 75.1 Å². The van der Waals surface area contributed by atoms with Crippen LogP contribution in [0, 0.1) is 6.92 Å². The summed E-state index contributed by atoms with van der Waals surface area (Å²) >= 11 is 0. The van der Waals surface area contributed by atoms with E-state index in [1.807, 2.05) is 0 Å². The highest BCUT2D eigenvalue weighted by Crippen LogP contribution is 2.01. The third-order valence-electron chi connectivity index (χ3n) is 2.24. The Morgan fingerprint density at radius 1 is 1.47 bits per heavy atom. The van der Waals surface area contributed by atoms with E-state index < -0.39 is 0 Å². The van der Waals surface area contributed by atoms with Crippen LogP contribution in [-0.2, 0) is 6.54 Å². The van der Waals surface area contributed by atoms with E-state index in [0.717, 1.165) is 0 Å². The molecule has 5 nitrogen and oxygen atoms in total. The van der Waals surface area contributed by atoms with E-state index >= 15 is 0 Å². The number of carbonyl (C=O) groups is 1. The molecule has 1 amide bonds. The predicted molar refractivity (Wildman–Crippen MR) is 61.7 cm³/mol. The monoisotopic (exact) mass is 232 g/mol. The lowest BCUT2D eigenvalue weighted by Crippen LogP contribution is -2.24. The normalized spacial score (nSPS) is 10.2. The molecule has 0 fully saturated rings. The molecule has 0 aromatic carbocycles. The van der Waals surface area contributed by atoms with Crippen molar-refractivity contribution in [1.29, 1.82) is 0 Å². The van der Waals surface area contributed by atoms with Gasteiger partial charge in [0.05, 0.1) is 12.8 Å². The molecule has 0 bridgehead atoms. The number of nitrogens with one attached hydrogen (secondary N) is 2. The van der Waals surface area contributed by atoms with Gasteiger partial charge in [-0.3, -0.25) is 9.59 Å². The molecule has 0 radical (unpaired) electrons. The highest BCUT2D eigenvalue weighted by Gasteiger charge is 2.07. The first-order chi connectivity index (χ1) is 8.15. The molecule has 0 aliphatic heterocycles. The van der Waals surface area contributed by atoms with Crippen molar-refractivity contribution in [2.45, 2.75) is 13.5 Å². The van der Waals surface area contributed by atoms with Crippen molar-refractivity contribution in [1.82, 2.24) is 10.3 Å². The number of hydrogen-bond acceptors (Lipinski definition) is 3. The molecule has 0 atom stereocenters. The van der Waals surface area contributed by atoms with Crippen LogP contribution in [0.2, 0.25) is 0 Å². The second kappa shape index (κ2) is 4.69. The van der Waals surface area contributed by atoms with E-state index in [0.29, 0.717) is 23.6 Å². The van der Waals surface area contributed by atoms with Crippen molar-refractivity contribution in [2.24, 2.45) is 0 Å². The van der Waals surface area contributed by atoms with Crippen molar-refractivity contribution >= 4 is 5.91 Å². The molecule has 0 aliphatic rings. The summed E-state index contributed by atoms with van der Waals surface area (Å²) in [4.78, 5) is 25.5. The third kappa shape index (κ3) is 2.84. The van der Waals surface area contributed by atoms with Crippen LogP contribution in [0.25, 0.3) is 0 Å². The van der Waals surface area contributed by atoms with Gasteiger partial charge in [-0.05, 0) is 25.1 Å². The van der Waals surface area contributed by atoms with Gasteiger partial charge in [0.2, 0.25) is 5.56 Å². The highest BCUT2D eigenvalue weighted by atomic mass is 16.3. The lowest BCUT2D eigenvalue weighted by molar-refractivity contribution is 0.0947. The molecule has 2 aromatic rings. The number of aromatic amines is 1. The zero-order chi connectivity index (χ0) is 12.3. The highest BCUT2D eigenvalue weighted by molar-refractivity contribution is 5.94.